The third-order valence-corrected chi connectivity index (χ3v) is 15.6. The van der Waals surface area contributed by atoms with E-state index in [0.29, 0.717) is 37.9 Å². The third-order valence-electron chi connectivity index (χ3n) is 13.9. The lowest BCUT2D eigenvalue weighted by Crippen LogP contribution is -2.65. The number of rotatable bonds is 24. The van der Waals surface area contributed by atoms with Crippen LogP contribution >= 0.6 is 0 Å². The van der Waals surface area contributed by atoms with Crippen LogP contribution in [-0.4, -0.2) is 193 Å². The lowest BCUT2D eigenvalue weighted by Gasteiger charge is -2.46. The molecular formula is C50H70N4O20S2. The van der Waals surface area contributed by atoms with Crippen LogP contribution in [0.1, 0.15) is 71.4 Å². The minimum Gasteiger partial charge on any atom is -0.744 e. The van der Waals surface area contributed by atoms with E-state index in [-0.39, 0.29) is 48.5 Å². The fourth-order valence-corrected chi connectivity index (χ4v) is 10.9. The molecule has 0 spiro atoms. The van der Waals surface area contributed by atoms with Crippen molar-refractivity contribution in [1.29, 1.82) is 0 Å². The molecule has 4 heterocycles. The Morgan fingerprint density at radius 3 is 2.14 bits per heavy atom. The molecule has 76 heavy (non-hydrogen) atoms. The summed E-state index contributed by atoms with van der Waals surface area (Å²) in [5.41, 5.74) is 8.58. The van der Waals surface area contributed by atoms with Crippen LogP contribution < -0.4 is 16.0 Å². The number of likely N-dealkylation sites (N-methyl/N-ethyl adjacent to an activating group) is 1. The van der Waals surface area contributed by atoms with Crippen molar-refractivity contribution in [3.63, 3.8) is 0 Å². The van der Waals surface area contributed by atoms with E-state index in [1.54, 1.807) is 12.1 Å². The predicted molar refractivity (Wildman–Crippen MR) is 269 cm³/mol. The Bertz CT molecular complexity index is 2750. The molecule has 0 bridgehead atoms. The number of anilines is 1. The van der Waals surface area contributed by atoms with Crippen molar-refractivity contribution in [2.75, 3.05) is 57.6 Å². The van der Waals surface area contributed by atoms with E-state index in [1.807, 2.05) is 65.0 Å². The molecule has 26 heteroatoms. The minimum absolute atomic E-state index is 0.0505. The summed E-state index contributed by atoms with van der Waals surface area (Å²) < 4.78 is 105. The molecule has 24 nitrogen and oxygen atoms in total. The van der Waals surface area contributed by atoms with E-state index in [9.17, 15) is 66.2 Å². The van der Waals surface area contributed by atoms with E-state index in [1.165, 1.54) is 24.3 Å². The summed E-state index contributed by atoms with van der Waals surface area (Å²) in [6.45, 7) is 9.46. The highest BCUT2D eigenvalue weighted by atomic mass is 32.2. The Labute approximate surface area is 441 Å². The topological polar surface area (TPSA) is 367 Å². The van der Waals surface area contributed by atoms with Gasteiger partial charge in [-0.05, 0) is 75.6 Å². The molecule has 2 amide bonds. The number of carbonyl (C=O) groups excluding carboxylic acids is 2. The van der Waals surface area contributed by atoms with Gasteiger partial charge in [0.05, 0.1) is 48.2 Å². The summed E-state index contributed by atoms with van der Waals surface area (Å²) in [6.07, 6.45) is -6.07. The molecule has 0 aromatic heterocycles. The highest BCUT2D eigenvalue weighted by molar-refractivity contribution is 7.86. The highest BCUT2D eigenvalue weighted by Gasteiger charge is 2.52. The molecular weight excluding hydrogens is 1040 g/mol. The monoisotopic (exact) mass is 1110 g/mol. The fraction of sp³-hybridized carbons (Fsp3) is 0.580. The molecule has 10 atom stereocenters. The third kappa shape index (κ3) is 13.7. The zero-order chi connectivity index (χ0) is 55.9. The molecule has 4 aliphatic heterocycles. The number of primary amides is 1. The standard InChI is InChI=1S/C50H70N4O20S2/c1-6-53-33-18-16-29(75(63,64)65)25-31(33)49(2,3)37(53)13-9-7-10-14-38-50(4,5)32-26-30(76(66,67)68)17-19-34(32)54(38)21-12-8-11-15-39(57)52-20-22-69-23-24-70-47-45(42(60)40(58)35(27-55)72-47)73-46-43(61)44(74-48(51)62)41(59)36(28-56)71-46/h7,9-10,13-14,16-19,25-26,35-36,40-47,55-56,58-61H,6,8,11-12,15,20-24,27-28H2,1-5H3,(H4-,51,52,57,62,63,64,65,66,67,68)/t35-,36+,40+,41+,42-,43-,44-,45-,46+,47?/m0/s1. The number of hydrogen-bond acceptors (Lipinski definition) is 20. The van der Waals surface area contributed by atoms with Crippen molar-refractivity contribution >= 4 is 49.3 Å². The van der Waals surface area contributed by atoms with Crippen LogP contribution in [0.25, 0.3) is 0 Å². The van der Waals surface area contributed by atoms with Crippen molar-refractivity contribution in [3.8, 4) is 0 Å². The second-order valence-corrected chi connectivity index (χ2v) is 22.5. The van der Waals surface area contributed by atoms with E-state index < -0.39 is 112 Å². The molecule has 10 N–H and O–H groups in total. The van der Waals surface area contributed by atoms with Crippen molar-refractivity contribution < 1.29 is 99.2 Å². The number of benzene rings is 2. The normalized spacial score (nSPS) is 27.9. The molecule has 2 fully saturated rings. The van der Waals surface area contributed by atoms with Gasteiger partial charge in [-0.25, -0.2) is 13.2 Å². The molecule has 2 aromatic carbocycles. The van der Waals surface area contributed by atoms with Crippen LogP contribution in [-0.2, 0) is 64.3 Å². The first-order chi connectivity index (χ1) is 35.8. The van der Waals surface area contributed by atoms with Crippen LogP contribution in [0.15, 0.2) is 82.3 Å². The van der Waals surface area contributed by atoms with Gasteiger partial charge in [0.1, 0.15) is 59.4 Å². The number of allylic oxidation sites excluding steroid dienone is 6. The Balaban J connectivity index is 0.995. The van der Waals surface area contributed by atoms with Gasteiger partial charge in [-0.15, -0.1) is 0 Å². The number of nitrogens with one attached hydrogen (secondary N) is 1. The van der Waals surface area contributed by atoms with Crippen molar-refractivity contribution in [2.45, 2.75) is 142 Å². The number of ether oxygens (including phenoxy) is 6. The maximum absolute atomic E-state index is 12.8. The molecule has 1 unspecified atom stereocenters. The van der Waals surface area contributed by atoms with E-state index >= 15 is 0 Å². The lowest BCUT2D eigenvalue weighted by molar-refractivity contribution is -0.438. The molecule has 2 saturated heterocycles. The Hall–Kier alpha value is -4.75. The summed E-state index contributed by atoms with van der Waals surface area (Å²) in [5, 5.41) is 64.8. The first-order valence-corrected chi connectivity index (χ1v) is 27.7. The van der Waals surface area contributed by atoms with E-state index in [0.717, 1.165) is 28.3 Å². The number of nitrogens with two attached hydrogens (primary N) is 1. The lowest BCUT2D eigenvalue weighted by atomic mass is 9.81. The average Bonchev–Trinajstić information content (AvgIpc) is 3.71. The Kier molecular flexibility index (Phi) is 20.2. The summed E-state index contributed by atoms with van der Waals surface area (Å²) in [4.78, 5) is 25.8. The number of nitrogens with zero attached hydrogens (tertiary/aromatic N) is 2. The molecule has 4 aliphatic rings. The predicted octanol–water partition coefficient (Wildman–Crippen LogP) is 0.465. The van der Waals surface area contributed by atoms with Gasteiger partial charge < -0.3 is 79.6 Å². The van der Waals surface area contributed by atoms with Gasteiger partial charge in [-0.2, -0.15) is 13.0 Å². The number of hydrogen-bond donors (Lipinski definition) is 9. The molecule has 0 aliphatic carbocycles. The van der Waals surface area contributed by atoms with Gasteiger partial charge in [-0.1, -0.05) is 32.1 Å². The number of unbranched alkanes of at least 4 members (excludes halogenated alkanes) is 2. The van der Waals surface area contributed by atoms with Crippen LogP contribution in [0.2, 0.25) is 0 Å². The van der Waals surface area contributed by atoms with E-state index in [4.69, 9.17) is 34.2 Å². The number of aliphatic hydroxyl groups excluding tert-OH is 6. The van der Waals surface area contributed by atoms with Crippen molar-refractivity contribution in [1.82, 2.24) is 5.32 Å². The van der Waals surface area contributed by atoms with Crippen molar-refractivity contribution in [2.24, 2.45) is 5.73 Å². The summed E-state index contributed by atoms with van der Waals surface area (Å²) in [6, 6.07) is 8.93. The van der Waals surface area contributed by atoms with E-state index in [2.05, 4.69) is 14.8 Å². The molecule has 2 aromatic rings. The van der Waals surface area contributed by atoms with Crippen LogP contribution in [0.3, 0.4) is 0 Å². The fourth-order valence-electron chi connectivity index (χ4n) is 9.90. The number of carbonyl (C=O) groups is 2. The molecule has 6 rings (SSSR count). The first-order valence-electron chi connectivity index (χ1n) is 24.8. The van der Waals surface area contributed by atoms with Gasteiger partial charge in [0.2, 0.25) is 11.6 Å². The molecule has 0 radical (unpaired) electrons. The van der Waals surface area contributed by atoms with Crippen LogP contribution in [0.5, 0.6) is 0 Å². The van der Waals surface area contributed by atoms with Crippen molar-refractivity contribution in [3.05, 3.63) is 83.6 Å². The van der Waals surface area contributed by atoms with Gasteiger partial charge >= 0.3 is 6.09 Å². The maximum atomic E-state index is 12.8. The molecule has 422 valence electrons. The first kappa shape index (κ1) is 60.5. The smallest absolute Gasteiger partial charge is 0.404 e. The summed E-state index contributed by atoms with van der Waals surface area (Å²) in [5.74, 6) is -0.209. The second kappa shape index (κ2) is 25.4. The maximum Gasteiger partial charge on any atom is 0.404 e. The average molecular weight is 1110 g/mol. The zero-order valence-electron chi connectivity index (χ0n) is 42.8. The number of aliphatic hydroxyl groups is 6. The second-order valence-electron chi connectivity index (χ2n) is 19.7. The van der Waals surface area contributed by atoms with Crippen LogP contribution in [0.4, 0.5) is 16.2 Å². The minimum atomic E-state index is -4.65. The Morgan fingerprint density at radius 1 is 0.816 bits per heavy atom. The van der Waals surface area contributed by atoms with Gasteiger partial charge in [-0.3, -0.25) is 9.35 Å². The highest BCUT2D eigenvalue weighted by Crippen LogP contribution is 2.48. The Morgan fingerprint density at radius 2 is 1.49 bits per heavy atom. The van der Waals surface area contributed by atoms with Gasteiger partial charge in [0, 0.05) is 60.4 Å². The number of fused-ring (bicyclic) bond motifs is 2. The van der Waals surface area contributed by atoms with Gasteiger partial charge in [0.25, 0.3) is 10.1 Å². The van der Waals surface area contributed by atoms with Gasteiger partial charge in [0.15, 0.2) is 24.4 Å². The largest absolute Gasteiger partial charge is 0.744 e. The van der Waals surface area contributed by atoms with Crippen LogP contribution in [0, 0.1) is 0 Å². The molecule has 0 saturated carbocycles. The zero-order valence-corrected chi connectivity index (χ0v) is 44.5. The SMILES string of the molecule is CCN1C(=CC=CC=CC2=[N+](CCCCCC(=O)NCCOCCOC3O[C@@H](CO)[C@@H](O)[C@H](O)[C@@H]3O[C@H]3O[C@H](CO)[C@@H](O)[C@H](OC(N)=O)[C@@H]3O)c3ccc(S(=O)(=O)O)cc3C2(C)C)C(C)(C)c2cc(S(=O)(=O)[O-])ccc21. The summed E-state index contributed by atoms with van der Waals surface area (Å²) >= 11 is 0. The quantitative estimate of drug-likeness (QED) is 0.0298. The summed E-state index contributed by atoms with van der Waals surface area (Å²) in [7, 11) is -9.13. The number of amides is 2.